The molecule has 0 fully saturated rings. The number of nitrogens with zero attached hydrogens (tertiary/aromatic N) is 1. The Morgan fingerprint density at radius 1 is 1.11 bits per heavy atom. The minimum absolute atomic E-state index is 0.00703. The average molecular weight is 375 g/mol. The highest BCUT2D eigenvalue weighted by molar-refractivity contribution is 5.94. The van der Waals surface area contributed by atoms with Gasteiger partial charge in [-0.15, -0.1) is 0 Å². The first-order valence-electron chi connectivity index (χ1n) is 8.09. The van der Waals surface area contributed by atoms with Crippen LogP contribution < -0.4 is 15.8 Å². The largest absolute Gasteiger partial charge is 0.341 e. The van der Waals surface area contributed by atoms with E-state index in [9.17, 15) is 18.0 Å². The number of carbonyl (C=O) groups excluding carboxylic acids is 1. The Balaban J connectivity index is 2.12. The first-order valence-corrected chi connectivity index (χ1v) is 8.09. The molecule has 142 valence electrons. The molecule has 2 N–H and O–H groups in total. The van der Waals surface area contributed by atoms with Crippen LogP contribution in [0.3, 0.4) is 0 Å². The summed E-state index contributed by atoms with van der Waals surface area (Å²) in [6, 6.07) is 13.3. The molecule has 0 aliphatic heterocycles. The van der Waals surface area contributed by atoms with Crippen molar-refractivity contribution in [3.05, 3.63) is 90.0 Å². The van der Waals surface area contributed by atoms with Crippen LogP contribution >= 0.6 is 0 Å². The molecule has 4 nitrogen and oxygen atoms in total. The van der Waals surface area contributed by atoms with Crippen LogP contribution in [0.5, 0.6) is 0 Å². The lowest BCUT2D eigenvalue weighted by Crippen LogP contribution is -2.38. The van der Waals surface area contributed by atoms with Crippen LogP contribution in [0.1, 0.15) is 22.8 Å². The molecule has 1 amide bonds. The Morgan fingerprint density at radius 2 is 1.78 bits per heavy atom. The van der Waals surface area contributed by atoms with E-state index in [1.165, 1.54) is 12.1 Å². The first-order chi connectivity index (χ1) is 12.8. The van der Waals surface area contributed by atoms with Crippen LogP contribution in [0.15, 0.2) is 73.1 Å². The fourth-order valence-electron chi connectivity index (χ4n) is 2.31. The molecule has 0 spiro atoms. The van der Waals surface area contributed by atoms with E-state index in [-0.39, 0.29) is 12.1 Å². The predicted molar refractivity (Wildman–Crippen MR) is 99.6 cm³/mol. The van der Waals surface area contributed by atoms with Crippen LogP contribution in [-0.2, 0) is 6.54 Å². The van der Waals surface area contributed by atoms with E-state index in [0.717, 1.165) is 17.5 Å². The number of alkyl halides is 2. The van der Waals surface area contributed by atoms with E-state index >= 15 is 0 Å². The molecule has 0 heterocycles. The maximum absolute atomic E-state index is 14.5. The number of allylic oxidation sites excluding steroid dienone is 2. The number of anilines is 1. The molecule has 0 aliphatic carbocycles. The standard InChI is InChI=1S/C20H20F3N3O/c1-13(2)26(17-7-5-4-6-8-17)12-16-10-9-15(11-18(16)21)20(27)25-24-14(3)19(22)23/h4-11,19,24H,1,3,12H2,2H3,(H,25,27). The molecular formula is C20H20F3N3O. The van der Waals surface area contributed by atoms with Crippen LogP contribution in [0, 0.1) is 5.82 Å². The van der Waals surface area contributed by atoms with Gasteiger partial charge in [-0.2, -0.15) is 0 Å². The molecule has 7 heteroatoms. The fraction of sp³-hybridized carbons (Fsp3) is 0.150. The van der Waals surface area contributed by atoms with Crippen molar-refractivity contribution in [3.63, 3.8) is 0 Å². The molecule has 0 radical (unpaired) electrons. The molecule has 0 atom stereocenters. The van der Waals surface area contributed by atoms with Crippen molar-refractivity contribution in [2.45, 2.75) is 19.9 Å². The van der Waals surface area contributed by atoms with Gasteiger partial charge in [0.15, 0.2) is 0 Å². The summed E-state index contributed by atoms with van der Waals surface area (Å²) in [7, 11) is 0. The summed E-state index contributed by atoms with van der Waals surface area (Å²) in [5.74, 6) is -1.33. The van der Waals surface area contributed by atoms with E-state index in [1.54, 1.807) is 0 Å². The second-order valence-electron chi connectivity index (χ2n) is 5.87. The highest BCUT2D eigenvalue weighted by atomic mass is 19.3. The molecule has 2 aromatic carbocycles. The minimum atomic E-state index is -2.82. The van der Waals surface area contributed by atoms with E-state index in [0.29, 0.717) is 5.56 Å². The lowest BCUT2D eigenvalue weighted by atomic mass is 10.1. The summed E-state index contributed by atoms with van der Waals surface area (Å²) >= 11 is 0. The van der Waals surface area contributed by atoms with Crippen molar-refractivity contribution in [2.75, 3.05) is 4.90 Å². The molecular weight excluding hydrogens is 355 g/mol. The van der Waals surface area contributed by atoms with Crippen molar-refractivity contribution in [3.8, 4) is 0 Å². The number of nitrogens with one attached hydrogen (secondary N) is 2. The summed E-state index contributed by atoms with van der Waals surface area (Å²) in [5, 5.41) is 0. The van der Waals surface area contributed by atoms with Crippen molar-refractivity contribution in [2.24, 2.45) is 0 Å². The normalized spacial score (nSPS) is 10.4. The quantitative estimate of drug-likeness (QED) is 0.673. The highest BCUT2D eigenvalue weighted by Gasteiger charge is 2.15. The Kier molecular flexibility index (Phi) is 6.65. The van der Waals surface area contributed by atoms with Gasteiger partial charge in [-0.1, -0.05) is 37.4 Å². The maximum atomic E-state index is 14.5. The molecule has 0 saturated carbocycles. The number of halogens is 3. The number of hydrazine groups is 1. The summed E-state index contributed by atoms with van der Waals surface area (Å²) in [6.07, 6.45) is -2.82. The monoisotopic (exact) mass is 375 g/mol. The van der Waals surface area contributed by atoms with Crippen LogP contribution in [0.25, 0.3) is 0 Å². The SMILES string of the molecule is C=C(NNC(=O)c1ccc(CN(C(=C)C)c2ccccc2)c(F)c1)C(F)F. The van der Waals surface area contributed by atoms with E-state index < -0.39 is 23.8 Å². The molecule has 0 aromatic heterocycles. The zero-order valence-corrected chi connectivity index (χ0v) is 14.8. The Labute approximate surface area is 156 Å². The first kappa shape index (κ1) is 20.1. The van der Waals surface area contributed by atoms with Crippen molar-refractivity contribution < 1.29 is 18.0 Å². The predicted octanol–water partition coefficient (Wildman–Crippen LogP) is 4.38. The summed E-state index contributed by atoms with van der Waals surface area (Å²) in [6.45, 7) is 9.03. The van der Waals surface area contributed by atoms with Gasteiger partial charge in [0.1, 0.15) is 5.82 Å². The molecule has 0 unspecified atom stereocenters. The molecule has 0 bridgehead atoms. The third kappa shape index (κ3) is 5.37. The number of rotatable bonds is 8. The van der Waals surface area contributed by atoms with E-state index in [4.69, 9.17) is 0 Å². The number of amides is 1. The number of para-hydroxylation sites is 1. The lowest BCUT2D eigenvalue weighted by Gasteiger charge is -2.25. The summed E-state index contributed by atoms with van der Waals surface area (Å²) < 4.78 is 39.2. The van der Waals surface area contributed by atoms with Gasteiger partial charge in [0.05, 0.1) is 12.2 Å². The van der Waals surface area contributed by atoms with Gasteiger partial charge in [0, 0.05) is 22.5 Å². The minimum Gasteiger partial charge on any atom is -0.341 e. The van der Waals surface area contributed by atoms with Crippen molar-refractivity contribution in [1.29, 1.82) is 0 Å². The van der Waals surface area contributed by atoms with Crippen LogP contribution in [0.4, 0.5) is 18.9 Å². The molecule has 0 saturated heterocycles. The van der Waals surface area contributed by atoms with Crippen LogP contribution in [-0.4, -0.2) is 12.3 Å². The molecule has 0 aliphatic rings. The van der Waals surface area contributed by atoms with Crippen molar-refractivity contribution >= 4 is 11.6 Å². The number of hydrogen-bond acceptors (Lipinski definition) is 3. The van der Waals surface area contributed by atoms with Gasteiger partial charge in [-0.3, -0.25) is 15.6 Å². The Hall–Kier alpha value is -3.22. The smallest absolute Gasteiger partial charge is 0.279 e. The third-order valence-corrected chi connectivity index (χ3v) is 3.77. The van der Waals surface area contributed by atoms with Gasteiger partial charge >= 0.3 is 0 Å². The maximum Gasteiger partial charge on any atom is 0.279 e. The van der Waals surface area contributed by atoms with Gasteiger partial charge < -0.3 is 4.90 Å². The van der Waals surface area contributed by atoms with Gasteiger partial charge in [0.2, 0.25) is 0 Å². The highest BCUT2D eigenvalue weighted by Crippen LogP contribution is 2.22. The van der Waals surface area contributed by atoms with Gasteiger partial charge in [0.25, 0.3) is 12.3 Å². The van der Waals surface area contributed by atoms with Gasteiger partial charge in [-0.25, -0.2) is 13.2 Å². The summed E-state index contributed by atoms with van der Waals surface area (Å²) in [4.78, 5) is 13.8. The van der Waals surface area contributed by atoms with E-state index in [2.05, 4.69) is 18.6 Å². The lowest BCUT2D eigenvalue weighted by molar-refractivity contribution is 0.0928. The summed E-state index contributed by atoms with van der Waals surface area (Å²) in [5.41, 5.74) is 5.35. The van der Waals surface area contributed by atoms with Gasteiger partial charge in [-0.05, 0) is 31.2 Å². The topological polar surface area (TPSA) is 44.4 Å². The second kappa shape index (κ2) is 8.93. The zero-order valence-electron chi connectivity index (χ0n) is 14.8. The Morgan fingerprint density at radius 3 is 2.33 bits per heavy atom. The molecule has 27 heavy (non-hydrogen) atoms. The van der Waals surface area contributed by atoms with E-state index in [1.807, 2.05) is 47.6 Å². The number of carbonyl (C=O) groups is 1. The Bertz CT molecular complexity index is 838. The number of benzene rings is 2. The number of hydrogen-bond donors (Lipinski definition) is 2. The third-order valence-electron chi connectivity index (χ3n) is 3.77. The zero-order chi connectivity index (χ0) is 20.0. The molecule has 2 rings (SSSR count). The molecule has 2 aromatic rings. The van der Waals surface area contributed by atoms with Crippen LogP contribution in [0.2, 0.25) is 0 Å². The van der Waals surface area contributed by atoms with Crippen molar-refractivity contribution in [1.82, 2.24) is 10.9 Å². The average Bonchev–Trinajstić information content (AvgIpc) is 2.65. The second-order valence-corrected chi connectivity index (χ2v) is 5.87. The fourth-order valence-corrected chi connectivity index (χ4v) is 2.31.